The second-order valence-corrected chi connectivity index (χ2v) is 8.80. The zero-order valence-electron chi connectivity index (χ0n) is 18.3. The monoisotopic (exact) mass is 401 g/mol. The molecule has 0 spiro atoms. The first-order valence-electron chi connectivity index (χ1n) is 9.69. The smallest absolute Gasteiger partial charge is 0.429 e. The van der Waals surface area contributed by atoms with Crippen LogP contribution in [0.1, 0.15) is 68.2 Å². The molecule has 1 heterocycles. The highest BCUT2D eigenvalue weighted by atomic mass is 16.6. The lowest BCUT2D eigenvalue weighted by molar-refractivity contribution is -0.0258. The summed E-state index contributed by atoms with van der Waals surface area (Å²) in [4.78, 5) is 38.6. The lowest BCUT2D eigenvalue weighted by Gasteiger charge is -2.45. The summed E-state index contributed by atoms with van der Waals surface area (Å²) in [5, 5.41) is 1.18. The maximum absolute atomic E-state index is 12.6. The van der Waals surface area contributed by atoms with Crippen molar-refractivity contribution >= 4 is 18.3 Å². The molecule has 1 fully saturated rings. The van der Waals surface area contributed by atoms with Crippen LogP contribution < -0.4 is 5.43 Å². The molecular formula is C19H35N3O6. The quantitative estimate of drug-likeness (QED) is 0.572. The Labute approximate surface area is 167 Å². The van der Waals surface area contributed by atoms with Gasteiger partial charge in [-0.2, -0.15) is 0 Å². The number of nitrogens with zero attached hydrogens (tertiary/aromatic N) is 2. The normalized spacial score (nSPS) is 16.6. The van der Waals surface area contributed by atoms with Crippen LogP contribution in [0.3, 0.4) is 0 Å². The Morgan fingerprint density at radius 2 is 1.50 bits per heavy atom. The molecule has 9 heteroatoms. The number of likely N-dealkylation sites (tertiary alicyclic amines) is 1. The number of ether oxygens (including phenoxy) is 3. The van der Waals surface area contributed by atoms with E-state index >= 15 is 0 Å². The van der Waals surface area contributed by atoms with E-state index in [2.05, 4.69) is 5.43 Å². The number of piperidine rings is 1. The maximum Gasteiger partial charge on any atom is 0.429 e. The van der Waals surface area contributed by atoms with Gasteiger partial charge in [0.2, 0.25) is 0 Å². The van der Waals surface area contributed by atoms with Crippen molar-refractivity contribution in [2.24, 2.45) is 0 Å². The molecule has 0 aliphatic carbocycles. The lowest BCUT2D eigenvalue weighted by atomic mass is 9.89. The van der Waals surface area contributed by atoms with Gasteiger partial charge in [0, 0.05) is 13.1 Å². The van der Waals surface area contributed by atoms with Crippen LogP contribution >= 0.6 is 0 Å². The van der Waals surface area contributed by atoms with Gasteiger partial charge in [0.05, 0.1) is 17.7 Å². The second kappa shape index (κ2) is 9.34. The topological polar surface area (TPSA) is 97.4 Å². The number of amides is 3. The van der Waals surface area contributed by atoms with Gasteiger partial charge in [0.25, 0.3) is 0 Å². The minimum Gasteiger partial charge on any atom is -0.446 e. The first-order valence-corrected chi connectivity index (χ1v) is 9.69. The Bertz CT molecular complexity index is 563. The fourth-order valence-electron chi connectivity index (χ4n) is 2.71. The molecule has 0 bridgehead atoms. The fraction of sp³-hybridized carbons (Fsp3) is 0.842. The van der Waals surface area contributed by atoms with E-state index in [9.17, 15) is 14.4 Å². The third kappa shape index (κ3) is 7.44. The van der Waals surface area contributed by atoms with E-state index in [4.69, 9.17) is 14.2 Å². The number of hydrazine groups is 1. The number of hydrogen-bond acceptors (Lipinski definition) is 6. The van der Waals surface area contributed by atoms with Crippen molar-refractivity contribution in [1.82, 2.24) is 15.3 Å². The average Bonchev–Trinajstić information content (AvgIpc) is 2.50. The van der Waals surface area contributed by atoms with E-state index in [-0.39, 0.29) is 12.2 Å². The van der Waals surface area contributed by atoms with E-state index in [0.29, 0.717) is 25.9 Å². The Hall–Kier alpha value is -2.19. The molecule has 0 unspecified atom stereocenters. The number of hydrogen-bond donors (Lipinski definition) is 1. The summed E-state index contributed by atoms with van der Waals surface area (Å²) >= 11 is 0. The van der Waals surface area contributed by atoms with Crippen LogP contribution in [0, 0.1) is 0 Å². The Morgan fingerprint density at radius 1 is 1.00 bits per heavy atom. The van der Waals surface area contributed by atoms with E-state index in [1.807, 2.05) is 27.7 Å². The van der Waals surface area contributed by atoms with Gasteiger partial charge in [-0.15, -0.1) is 0 Å². The number of nitrogens with one attached hydrogen (secondary N) is 1. The molecular weight excluding hydrogens is 366 g/mol. The summed E-state index contributed by atoms with van der Waals surface area (Å²) in [6, 6.07) is 0. The van der Waals surface area contributed by atoms with E-state index in [1.165, 1.54) is 5.01 Å². The molecule has 162 valence electrons. The van der Waals surface area contributed by atoms with Crippen molar-refractivity contribution in [2.45, 2.75) is 91.6 Å². The largest absolute Gasteiger partial charge is 0.446 e. The zero-order chi connectivity index (χ0) is 21.7. The van der Waals surface area contributed by atoms with E-state index in [0.717, 1.165) is 0 Å². The van der Waals surface area contributed by atoms with E-state index < -0.39 is 29.4 Å². The van der Waals surface area contributed by atoms with Crippen molar-refractivity contribution in [2.75, 3.05) is 13.1 Å². The third-order valence-corrected chi connectivity index (χ3v) is 4.10. The number of rotatable bonds is 3. The van der Waals surface area contributed by atoms with Crippen LogP contribution in [-0.4, -0.2) is 64.6 Å². The molecule has 0 atom stereocenters. The number of carbonyl (C=O) groups is 3. The minimum atomic E-state index is -0.736. The van der Waals surface area contributed by atoms with Crippen molar-refractivity contribution in [3.8, 4) is 0 Å². The summed E-state index contributed by atoms with van der Waals surface area (Å²) in [7, 11) is 0. The molecule has 3 amide bonds. The van der Waals surface area contributed by atoms with Gasteiger partial charge in [-0.3, -0.25) is 0 Å². The molecule has 1 N–H and O–H groups in total. The summed E-state index contributed by atoms with van der Waals surface area (Å²) in [5.74, 6) is 0. The van der Waals surface area contributed by atoms with Crippen LogP contribution in [0.4, 0.5) is 14.4 Å². The summed E-state index contributed by atoms with van der Waals surface area (Å²) in [5.41, 5.74) is 1.20. The van der Waals surface area contributed by atoms with E-state index in [1.54, 1.807) is 32.6 Å². The van der Waals surface area contributed by atoms with Crippen LogP contribution in [0.5, 0.6) is 0 Å². The van der Waals surface area contributed by atoms with Crippen LogP contribution in [0.25, 0.3) is 0 Å². The van der Waals surface area contributed by atoms with Gasteiger partial charge in [-0.25, -0.2) is 24.8 Å². The van der Waals surface area contributed by atoms with Crippen LogP contribution in [0.2, 0.25) is 0 Å². The standard InChI is InChI=1S/C19H35N3O6/c1-13(2)26-15(23)20-22(17(25)27-14(3)4)19(8)9-11-21(12-10-19)16(24)28-18(5,6)7/h13-14H,9-12H2,1-8H3,(H,20,23). The maximum atomic E-state index is 12.6. The third-order valence-electron chi connectivity index (χ3n) is 4.10. The molecule has 0 aromatic rings. The Kier molecular flexibility index (Phi) is 7.95. The van der Waals surface area contributed by atoms with Gasteiger partial charge >= 0.3 is 18.3 Å². The molecule has 1 saturated heterocycles. The molecule has 28 heavy (non-hydrogen) atoms. The van der Waals surface area contributed by atoms with Crippen LogP contribution in [0.15, 0.2) is 0 Å². The minimum absolute atomic E-state index is 0.329. The highest BCUT2D eigenvalue weighted by Gasteiger charge is 2.42. The summed E-state index contributed by atoms with van der Waals surface area (Å²) in [6.45, 7) is 15.0. The molecule has 0 saturated carbocycles. The first-order chi connectivity index (χ1) is 12.7. The SMILES string of the molecule is CC(C)OC(=O)NN(C(=O)OC(C)C)C1(C)CCN(C(=O)OC(C)(C)C)CC1. The van der Waals surface area contributed by atoms with Crippen LogP contribution in [-0.2, 0) is 14.2 Å². The molecule has 1 rings (SSSR count). The van der Waals surface area contributed by atoms with Crippen molar-refractivity contribution in [3.05, 3.63) is 0 Å². The van der Waals surface area contributed by atoms with Crippen molar-refractivity contribution in [1.29, 1.82) is 0 Å². The van der Waals surface area contributed by atoms with Gasteiger partial charge in [0.15, 0.2) is 0 Å². The lowest BCUT2D eigenvalue weighted by Crippen LogP contribution is -2.63. The predicted molar refractivity (Wildman–Crippen MR) is 104 cm³/mol. The first kappa shape index (κ1) is 23.8. The molecule has 0 radical (unpaired) electrons. The molecule has 1 aliphatic rings. The van der Waals surface area contributed by atoms with Gasteiger partial charge in [-0.1, -0.05) is 0 Å². The highest BCUT2D eigenvalue weighted by Crippen LogP contribution is 2.29. The fourth-order valence-corrected chi connectivity index (χ4v) is 2.71. The zero-order valence-corrected chi connectivity index (χ0v) is 18.3. The average molecular weight is 402 g/mol. The van der Waals surface area contributed by atoms with Crippen molar-refractivity contribution < 1.29 is 28.6 Å². The van der Waals surface area contributed by atoms with Gasteiger partial charge < -0.3 is 19.1 Å². The molecule has 0 aromatic heterocycles. The molecule has 9 nitrogen and oxygen atoms in total. The molecule has 1 aliphatic heterocycles. The van der Waals surface area contributed by atoms with Gasteiger partial charge in [0.1, 0.15) is 5.60 Å². The Balaban J connectivity index is 2.87. The molecule has 0 aromatic carbocycles. The highest BCUT2D eigenvalue weighted by molar-refractivity contribution is 5.75. The second-order valence-electron chi connectivity index (χ2n) is 8.80. The number of carbonyl (C=O) groups excluding carboxylic acids is 3. The van der Waals surface area contributed by atoms with Crippen molar-refractivity contribution in [3.63, 3.8) is 0 Å². The predicted octanol–water partition coefficient (Wildman–Crippen LogP) is 3.67. The summed E-state index contributed by atoms with van der Waals surface area (Å²) < 4.78 is 15.8. The Morgan fingerprint density at radius 3 is 1.93 bits per heavy atom. The van der Waals surface area contributed by atoms with Gasteiger partial charge in [-0.05, 0) is 68.2 Å². The summed E-state index contributed by atoms with van der Waals surface area (Å²) in [6.07, 6.45) is -1.57.